The van der Waals surface area contributed by atoms with E-state index < -0.39 is 0 Å². The lowest BCUT2D eigenvalue weighted by Crippen LogP contribution is -2.54. The average Bonchev–Trinajstić information content (AvgIpc) is 2.69. The van der Waals surface area contributed by atoms with Gasteiger partial charge in [0.1, 0.15) is 5.82 Å². The van der Waals surface area contributed by atoms with Crippen molar-refractivity contribution >= 4 is 17.5 Å². The highest BCUT2D eigenvalue weighted by molar-refractivity contribution is 5.94. The highest BCUT2D eigenvalue weighted by Gasteiger charge is 2.27. The Balaban J connectivity index is 1.49. The number of rotatable bonds is 5. The van der Waals surface area contributed by atoms with Gasteiger partial charge in [-0.3, -0.25) is 14.5 Å². The van der Waals surface area contributed by atoms with Gasteiger partial charge in [-0.25, -0.2) is 4.39 Å². The van der Waals surface area contributed by atoms with Crippen molar-refractivity contribution < 1.29 is 14.0 Å². The van der Waals surface area contributed by atoms with Crippen molar-refractivity contribution in [3.8, 4) is 0 Å². The molecule has 28 heavy (non-hydrogen) atoms. The summed E-state index contributed by atoms with van der Waals surface area (Å²) in [5, 5.41) is 2.75. The fourth-order valence-electron chi connectivity index (χ4n) is 3.33. The van der Waals surface area contributed by atoms with Gasteiger partial charge in [0, 0.05) is 31.9 Å². The van der Waals surface area contributed by atoms with Crippen LogP contribution in [0.15, 0.2) is 48.5 Å². The average molecular weight is 383 g/mol. The number of nitrogens with one attached hydrogen (secondary N) is 1. The number of amides is 2. The molecule has 1 unspecified atom stereocenters. The van der Waals surface area contributed by atoms with Gasteiger partial charge in [-0.15, -0.1) is 0 Å². The van der Waals surface area contributed by atoms with E-state index in [1.54, 1.807) is 12.1 Å². The number of halogens is 1. The Morgan fingerprint density at radius 2 is 1.75 bits per heavy atom. The molecule has 1 heterocycles. The molecule has 0 aliphatic carbocycles. The van der Waals surface area contributed by atoms with E-state index in [2.05, 4.69) is 5.32 Å². The van der Waals surface area contributed by atoms with Crippen LogP contribution in [0.3, 0.4) is 0 Å². The first-order chi connectivity index (χ1) is 13.4. The first kappa shape index (κ1) is 20.0. The van der Waals surface area contributed by atoms with Crippen LogP contribution >= 0.6 is 0 Å². The Hall–Kier alpha value is -2.73. The summed E-state index contributed by atoms with van der Waals surface area (Å²) in [7, 11) is 0. The summed E-state index contributed by atoms with van der Waals surface area (Å²) in [5.41, 5.74) is 2.64. The Kier molecular flexibility index (Phi) is 6.41. The Bertz CT molecular complexity index is 830. The maximum atomic E-state index is 13.3. The molecule has 1 N–H and O–H groups in total. The molecule has 2 amide bonds. The maximum Gasteiger partial charge on any atom is 0.241 e. The minimum Gasteiger partial charge on any atom is -0.340 e. The summed E-state index contributed by atoms with van der Waals surface area (Å²) in [4.78, 5) is 28.9. The van der Waals surface area contributed by atoms with Crippen molar-refractivity contribution in [2.24, 2.45) is 0 Å². The molecule has 1 aliphatic heterocycles. The fourth-order valence-corrected chi connectivity index (χ4v) is 3.33. The minimum atomic E-state index is -0.383. The lowest BCUT2D eigenvalue weighted by Gasteiger charge is -2.37. The highest BCUT2D eigenvalue weighted by Crippen LogP contribution is 2.13. The second-order valence-corrected chi connectivity index (χ2v) is 7.25. The Morgan fingerprint density at radius 1 is 1.07 bits per heavy atom. The molecule has 148 valence electrons. The molecule has 0 aromatic heterocycles. The van der Waals surface area contributed by atoms with Gasteiger partial charge < -0.3 is 10.2 Å². The van der Waals surface area contributed by atoms with E-state index in [0.29, 0.717) is 38.3 Å². The van der Waals surface area contributed by atoms with Gasteiger partial charge in [-0.2, -0.15) is 0 Å². The lowest BCUT2D eigenvalue weighted by atomic mass is 10.1. The lowest BCUT2D eigenvalue weighted by molar-refractivity contribution is -0.133. The molecule has 3 rings (SSSR count). The van der Waals surface area contributed by atoms with E-state index in [-0.39, 0.29) is 23.7 Å². The number of benzene rings is 2. The third-order valence-corrected chi connectivity index (χ3v) is 5.16. The first-order valence-electron chi connectivity index (χ1n) is 9.56. The van der Waals surface area contributed by atoms with Crippen LogP contribution in [0.4, 0.5) is 10.1 Å². The SMILES string of the molecule is Cc1ccc(CC(=O)N2CCN(C(C)C(=O)Nc3cccc(F)c3)CC2)cc1. The fraction of sp³-hybridized carbons (Fsp3) is 0.364. The molecular weight excluding hydrogens is 357 g/mol. The van der Waals surface area contributed by atoms with Crippen molar-refractivity contribution in [3.63, 3.8) is 0 Å². The monoisotopic (exact) mass is 383 g/mol. The largest absolute Gasteiger partial charge is 0.340 e. The van der Waals surface area contributed by atoms with Crippen LogP contribution in [0.25, 0.3) is 0 Å². The second kappa shape index (κ2) is 8.97. The van der Waals surface area contributed by atoms with E-state index in [0.717, 1.165) is 5.56 Å². The summed E-state index contributed by atoms with van der Waals surface area (Å²) in [5.74, 6) is -0.448. The second-order valence-electron chi connectivity index (χ2n) is 7.25. The molecule has 5 nitrogen and oxygen atoms in total. The standard InChI is InChI=1S/C22H26FN3O2/c1-16-6-8-18(9-7-16)14-21(27)26-12-10-25(11-13-26)17(2)22(28)24-20-5-3-4-19(23)15-20/h3-9,15,17H,10-14H2,1-2H3,(H,24,28). The van der Waals surface area contributed by atoms with Crippen LogP contribution in [0.2, 0.25) is 0 Å². The van der Waals surface area contributed by atoms with Crippen molar-refractivity contribution in [1.29, 1.82) is 0 Å². The Morgan fingerprint density at radius 3 is 2.39 bits per heavy atom. The summed E-state index contributed by atoms with van der Waals surface area (Å²) < 4.78 is 13.3. The van der Waals surface area contributed by atoms with Crippen molar-refractivity contribution in [2.75, 3.05) is 31.5 Å². The van der Waals surface area contributed by atoms with E-state index in [1.807, 2.05) is 47.9 Å². The summed E-state index contributed by atoms with van der Waals surface area (Å²) in [6.07, 6.45) is 0.399. The summed E-state index contributed by atoms with van der Waals surface area (Å²) in [6.45, 7) is 6.33. The molecule has 0 bridgehead atoms. The number of carbonyl (C=O) groups excluding carboxylic acids is 2. The number of anilines is 1. The van der Waals surface area contributed by atoms with E-state index in [4.69, 9.17) is 0 Å². The number of carbonyl (C=O) groups is 2. The van der Waals surface area contributed by atoms with Crippen LogP contribution in [0.5, 0.6) is 0 Å². The molecule has 1 fully saturated rings. The number of hydrogen-bond acceptors (Lipinski definition) is 3. The van der Waals surface area contributed by atoms with Crippen LogP contribution in [0, 0.1) is 12.7 Å². The van der Waals surface area contributed by atoms with Gasteiger partial charge in [-0.05, 0) is 37.6 Å². The third-order valence-electron chi connectivity index (χ3n) is 5.16. The van der Waals surface area contributed by atoms with Crippen LogP contribution in [-0.2, 0) is 16.0 Å². The smallest absolute Gasteiger partial charge is 0.241 e. The third kappa shape index (κ3) is 5.16. The highest BCUT2D eigenvalue weighted by atomic mass is 19.1. The van der Waals surface area contributed by atoms with E-state index in [9.17, 15) is 14.0 Å². The quantitative estimate of drug-likeness (QED) is 0.864. The molecule has 1 atom stereocenters. The summed E-state index contributed by atoms with van der Waals surface area (Å²) in [6, 6.07) is 13.5. The summed E-state index contributed by atoms with van der Waals surface area (Å²) >= 11 is 0. The maximum absolute atomic E-state index is 13.3. The van der Waals surface area contributed by atoms with Crippen molar-refractivity contribution in [1.82, 2.24) is 9.80 Å². The normalized spacial score (nSPS) is 15.9. The number of aryl methyl sites for hydroxylation is 1. The van der Waals surface area contributed by atoms with E-state index >= 15 is 0 Å². The van der Waals surface area contributed by atoms with Gasteiger partial charge in [0.2, 0.25) is 11.8 Å². The molecule has 0 saturated carbocycles. The minimum absolute atomic E-state index is 0.111. The van der Waals surface area contributed by atoms with Gasteiger partial charge in [0.25, 0.3) is 0 Å². The van der Waals surface area contributed by atoms with Gasteiger partial charge in [0.15, 0.2) is 0 Å². The van der Waals surface area contributed by atoms with Gasteiger partial charge >= 0.3 is 0 Å². The topological polar surface area (TPSA) is 52.7 Å². The number of nitrogens with zero attached hydrogens (tertiary/aromatic N) is 2. The van der Waals surface area contributed by atoms with Crippen molar-refractivity contribution in [3.05, 3.63) is 65.5 Å². The zero-order chi connectivity index (χ0) is 20.1. The zero-order valence-corrected chi connectivity index (χ0v) is 16.3. The molecule has 1 saturated heterocycles. The van der Waals surface area contributed by atoms with Crippen LogP contribution in [-0.4, -0.2) is 53.8 Å². The number of hydrogen-bond donors (Lipinski definition) is 1. The van der Waals surface area contributed by atoms with Gasteiger partial charge in [0.05, 0.1) is 12.5 Å². The predicted molar refractivity (Wildman–Crippen MR) is 108 cm³/mol. The van der Waals surface area contributed by atoms with Crippen LogP contribution < -0.4 is 5.32 Å². The molecule has 2 aromatic rings. The molecule has 2 aromatic carbocycles. The predicted octanol–water partition coefficient (Wildman–Crippen LogP) is 2.85. The molecule has 0 radical (unpaired) electrons. The molecular formula is C22H26FN3O2. The van der Waals surface area contributed by atoms with E-state index in [1.165, 1.54) is 17.7 Å². The molecule has 1 aliphatic rings. The molecule has 0 spiro atoms. The van der Waals surface area contributed by atoms with Crippen LogP contribution in [0.1, 0.15) is 18.1 Å². The first-order valence-corrected chi connectivity index (χ1v) is 9.56. The van der Waals surface area contributed by atoms with Crippen molar-refractivity contribution in [2.45, 2.75) is 26.3 Å². The van der Waals surface area contributed by atoms with Gasteiger partial charge in [-0.1, -0.05) is 35.9 Å². The molecule has 6 heteroatoms. The Labute approximate surface area is 165 Å². The zero-order valence-electron chi connectivity index (χ0n) is 16.3. The number of piperazine rings is 1.